The first kappa shape index (κ1) is 9.45. The monoisotopic (exact) mass is 254 g/mol. The van der Waals surface area contributed by atoms with Crippen LogP contribution >= 0.6 is 15.9 Å². The normalized spacial score (nSPS) is 11.0. The summed E-state index contributed by atoms with van der Waals surface area (Å²) in [6.07, 6.45) is 2.42. The molecule has 0 aliphatic heterocycles. The van der Waals surface area contributed by atoms with Crippen molar-refractivity contribution in [3.8, 4) is 0 Å². The van der Waals surface area contributed by atoms with Crippen LogP contribution in [0.3, 0.4) is 0 Å². The summed E-state index contributed by atoms with van der Waals surface area (Å²) in [7, 11) is 0. The highest BCUT2D eigenvalue weighted by Crippen LogP contribution is 2.19. The van der Waals surface area contributed by atoms with Gasteiger partial charge in [0.2, 0.25) is 0 Å². The van der Waals surface area contributed by atoms with Crippen LogP contribution in [-0.2, 0) is 6.42 Å². The minimum absolute atomic E-state index is 0.540. The summed E-state index contributed by atoms with van der Waals surface area (Å²) in [6.45, 7) is 2.02. The lowest BCUT2D eigenvalue weighted by atomic mass is 10.3. The van der Waals surface area contributed by atoms with Crippen LogP contribution in [-0.4, -0.2) is 19.9 Å². The molecular formula is C9H11BrN4. The zero-order valence-corrected chi connectivity index (χ0v) is 9.45. The Hall–Kier alpha value is -1.10. The van der Waals surface area contributed by atoms with Gasteiger partial charge in [0.25, 0.3) is 0 Å². The van der Waals surface area contributed by atoms with Gasteiger partial charge in [0.05, 0.1) is 0 Å². The third-order valence-corrected chi connectivity index (χ3v) is 2.59. The van der Waals surface area contributed by atoms with Gasteiger partial charge in [-0.3, -0.25) is 0 Å². The first-order valence-electron chi connectivity index (χ1n) is 4.37. The molecule has 2 N–H and O–H groups in total. The van der Waals surface area contributed by atoms with Crippen molar-refractivity contribution in [3.05, 3.63) is 23.7 Å². The first-order valence-corrected chi connectivity index (χ1v) is 5.50. The van der Waals surface area contributed by atoms with E-state index in [0.29, 0.717) is 5.82 Å². The number of hydrogen-bond acceptors (Lipinski definition) is 3. The second-order valence-electron chi connectivity index (χ2n) is 3.16. The van der Waals surface area contributed by atoms with Crippen molar-refractivity contribution in [1.82, 2.24) is 14.6 Å². The number of anilines is 1. The summed E-state index contributed by atoms with van der Waals surface area (Å²) in [6, 6.07) is 2.10. The lowest BCUT2D eigenvalue weighted by Gasteiger charge is -2.00. The highest BCUT2D eigenvalue weighted by atomic mass is 79.9. The number of nitrogens with two attached hydrogens (primary N) is 1. The fourth-order valence-corrected chi connectivity index (χ4v) is 2.01. The quantitative estimate of drug-likeness (QED) is 0.828. The van der Waals surface area contributed by atoms with Crippen LogP contribution in [0.15, 0.2) is 12.4 Å². The molecule has 0 aliphatic carbocycles. The molecule has 0 aromatic carbocycles. The SMILES string of the molecule is Cc1cc(CCBr)n2ncnc(N)c12. The van der Waals surface area contributed by atoms with Gasteiger partial charge < -0.3 is 5.73 Å². The van der Waals surface area contributed by atoms with Gasteiger partial charge >= 0.3 is 0 Å². The van der Waals surface area contributed by atoms with Crippen LogP contribution in [0.2, 0.25) is 0 Å². The van der Waals surface area contributed by atoms with Crippen LogP contribution in [0.25, 0.3) is 5.52 Å². The van der Waals surface area contributed by atoms with Crippen LogP contribution in [0.5, 0.6) is 0 Å². The van der Waals surface area contributed by atoms with Gasteiger partial charge in [0.15, 0.2) is 5.82 Å². The van der Waals surface area contributed by atoms with Gasteiger partial charge in [-0.05, 0) is 25.0 Å². The Morgan fingerprint density at radius 1 is 1.57 bits per heavy atom. The highest BCUT2D eigenvalue weighted by molar-refractivity contribution is 9.09. The Kier molecular flexibility index (Phi) is 2.41. The second-order valence-corrected chi connectivity index (χ2v) is 3.96. The van der Waals surface area contributed by atoms with Crippen molar-refractivity contribution in [2.75, 3.05) is 11.1 Å². The topological polar surface area (TPSA) is 56.2 Å². The second kappa shape index (κ2) is 3.57. The lowest BCUT2D eigenvalue weighted by Crippen LogP contribution is -2.02. The van der Waals surface area contributed by atoms with Crippen molar-refractivity contribution in [1.29, 1.82) is 0 Å². The maximum atomic E-state index is 5.78. The summed E-state index contributed by atoms with van der Waals surface area (Å²) in [5.41, 5.74) is 8.98. The molecule has 74 valence electrons. The van der Waals surface area contributed by atoms with E-state index in [4.69, 9.17) is 5.73 Å². The maximum absolute atomic E-state index is 5.78. The Morgan fingerprint density at radius 3 is 3.07 bits per heavy atom. The summed E-state index contributed by atoms with van der Waals surface area (Å²) in [5.74, 6) is 0.540. The largest absolute Gasteiger partial charge is 0.382 e. The number of fused-ring (bicyclic) bond motifs is 1. The molecule has 0 atom stereocenters. The first-order chi connectivity index (χ1) is 6.74. The Balaban J connectivity index is 2.71. The molecule has 0 unspecified atom stereocenters. The fourth-order valence-electron chi connectivity index (χ4n) is 1.61. The number of rotatable bonds is 2. The van der Waals surface area contributed by atoms with E-state index in [1.54, 1.807) is 0 Å². The van der Waals surface area contributed by atoms with Gasteiger partial charge in [-0.1, -0.05) is 15.9 Å². The van der Waals surface area contributed by atoms with E-state index in [1.165, 1.54) is 6.33 Å². The predicted molar refractivity (Wildman–Crippen MR) is 59.6 cm³/mol. The number of aromatic nitrogens is 3. The molecule has 4 nitrogen and oxygen atoms in total. The Morgan fingerprint density at radius 2 is 2.36 bits per heavy atom. The molecule has 0 fully saturated rings. The summed E-state index contributed by atoms with van der Waals surface area (Å²) in [5, 5.41) is 5.11. The third-order valence-electron chi connectivity index (χ3n) is 2.20. The van der Waals surface area contributed by atoms with Crippen LogP contribution in [0, 0.1) is 6.92 Å². The summed E-state index contributed by atoms with van der Waals surface area (Å²) in [4.78, 5) is 3.98. The van der Waals surface area contributed by atoms with Crippen LogP contribution in [0.4, 0.5) is 5.82 Å². The predicted octanol–water partition coefficient (Wildman–Crippen LogP) is 1.56. The third kappa shape index (κ3) is 1.37. The van der Waals surface area contributed by atoms with E-state index in [1.807, 2.05) is 11.4 Å². The van der Waals surface area contributed by atoms with Gasteiger partial charge in [-0.2, -0.15) is 5.10 Å². The molecule has 2 heterocycles. The van der Waals surface area contributed by atoms with E-state index in [-0.39, 0.29) is 0 Å². The number of aryl methyl sites for hydroxylation is 2. The molecule has 0 aliphatic rings. The number of nitrogen functional groups attached to an aromatic ring is 1. The maximum Gasteiger partial charge on any atom is 0.151 e. The fraction of sp³-hybridized carbons (Fsp3) is 0.333. The minimum atomic E-state index is 0.540. The van der Waals surface area contributed by atoms with E-state index in [0.717, 1.165) is 28.5 Å². The van der Waals surface area contributed by atoms with Crippen molar-refractivity contribution in [2.45, 2.75) is 13.3 Å². The minimum Gasteiger partial charge on any atom is -0.382 e. The Bertz CT molecular complexity index is 463. The zero-order valence-electron chi connectivity index (χ0n) is 7.87. The van der Waals surface area contributed by atoms with Gasteiger partial charge in [0, 0.05) is 11.0 Å². The molecule has 14 heavy (non-hydrogen) atoms. The summed E-state index contributed by atoms with van der Waals surface area (Å²) < 4.78 is 1.86. The number of halogens is 1. The zero-order chi connectivity index (χ0) is 10.1. The molecule has 2 aromatic rings. The smallest absolute Gasteiger partial charge is 0.151 e. The van der Waals surface area contributed by atoms with E-state index < -0.39 is 0 Å². The van der Waals surface area contributed by atoms with Gasteiger partial charge in [-0.25, -0.2) is 9.50 Å². The molecule has 0 saturated carbocycles. The average molecular weight is 255 g/mol. The van der Waals surface area contributed by atoms with E-state index in [9.17, 15) is 0 Å². The van der Waals surface area contributed by atoms with E-state index in [2.05, 4.69) is 32.1 Å². The number of alkyl halides is 1. The molecule has 0 saturated heterocycles. The van der Waals surface area contributed by atoms with Crippen molar-refractivity contribution >= 4 is 27.3 Å². The average Bonchev–Trinajstić information content (AvgIpc) is 2.46. The Labute approximate surface area is 90.3 Å². The van der Waals surface area contributed by atoms with Crippen molar-refractivity contribution < 1.29 is 0 Å². The van der Waals surface area contributed by atoms with Crippen molar-refractivity contribution in [2.24, 2.45) is 0 Å². The lowest BCUT2D eigenvalue weighted by molar-refractivity contribution is 0.844. The molecule has 0 spiro atoms. The van der Waals surface area contributed by atoms with Crippen LogP contribution < -0.4 is 5.73 Å². The molecule has 0 bridgehead atoms. The van der Waals surface area contributed by atoms with Crippen molar-refractivity contribution in [3.63, 3.8) is 0 Å². The molecule has 0 amide bonds. The number of nitrogens with zero attached hydrogens (tertiary/aromatic N) is 3. The van der Waals surface area contributed by atoms with Gasteiger partial charge in [-0.15, -0.1) is 0 Å². The van der Waals surface area contributed by atoms with Crippen LogP contribution in [0.1, 0.15) is 11.3 Å². The standard InChI is InChI=1S/C9H11BrN4/c1-6-4-7(2-3-10)14-8(6)9(11)12-5-13-14/h4-5H,2-3H2,1H3,(H2,11,12,13). The van der Waals surface area contributed by atoms with Gasteiger partial charge in [0.1, 0.15) is 11.8 Å². The molecular weight excluding hydrogens is 244 g/mol. The highest BCUT2D eigenvalue weighted by Gasteiger charge is 2.09. The molecule has 5 heteroatoms. The number of hydrogen-bond donors (Lipinski definition) is 1. The molecule has 2 rings (SSSR count). The molecule has 0 radical (unpaired) electrons. The summed E-state index contributed by atoms with van der Waals surface area (Å²) >= 11 is 3.41. The molecule has 2 aromatic heterocycles. The van der Waals surface area contributed by atoms with E-state index >= 15 is 0 Å².